The van der Waals surface area contributed by atoms with Crippen LogP contribution in [0.3, 0.4) is 0 Å². The number of nitrogens with zero attached hydrogens (tertiary/aromatic N) is 1. The smallest absolute Gasteiger partial charge is 0.308 e. The summed E-state index contributed by atoms with van der Waals surface area (Å²) in [5.74, 6) is 0.780. The van der Waals surface area contributed by atoms with Crippen molar-refractivity contribution in [2.24, 2.45) is 5.92 Å². The largest absolute Gasteiger partial charge is 0.497 e. The van der Waals surface area contributed by atoms with E-state index in [1.165, 1.54) is 13.0 Å². The van der Waals surface area contributed by atoms with Crippen molar-refractivity contribution in [3.05, 3.63) is 65.7 Å². The maximum absolute atomic E-state index is 12.8. The second-order valence-electron chi connectivity index (χ2n) is 7.71. The van der Waals surface area contributed by atoms with Crippen molar-refractivity contribution in [3.8, 4) is 11.5 Å². The molecular weight excluding hydrogens is 408 g/mol. The average molecular weight is 437 g/mol. The number of amides is 2. The van der Waals surface area contributed by atoms with Gasteiger partial charge in [-0.15, -0.1) is 0 Å². The average Bonchev–Trinajstić information content (AvgIpc) is 2.81. The fraction of sp³-hybridized carbons (Fsp3) is 0.320. The van der Waals surface area contributed by atoms with Crippen LogP contribution < -0.4 is 14.8 Å². The molecule has 0 aromatic heterocycles. The number of hydrogen-bond donors (Lipinski definition) is 1. The van der Waals surface area contributed by atoms with Crippen molar-refractivity contribution in [1.29, 1.82) is 0 Å². The molecule has 1 fully saturated rings. The van der Waals surface area contributed by atoms with Crippen LogP contribution in [0.4, 0.5) is 0 Å². The molecule has 0 aliphatic carbocycles. The van der Waals surface area contributed by atoms with Gasteiger partial charge in [0.15, 0.2) is 0 Å². The molecule has 2 amide bonds. The van der Waals surface area contributed by atoms with E-state index < -0.39 is 5.97 Å². The number of rotatable bonds is 7. The minimum atomic E-state index is -0.421. The molecule has 7 heteroatoms. The molecule has 0 saturated carbocycles. The molecule has 32 heavy (non-hydrogen) atoms. The highest BCUT2D eigenvalue weighted by Crippen LogP contribution is 2.21. The van der Waals surface area contributed by atoms with E-state index >= 15 is 0 Å². The van der Waals surface area contributed by atoms with E-state index in [-0.39, 0.29) is 11.8 Å². The molecule has 3 rings (SSSR count). The van der Waals surface area contributed by atoms with Crippen LogP contribution in [0.2, 0.25) is 0 Å². The minimum Gasteiger partial charge on any atom is -0.497 e. The highest BCUT2D eigenvalue weighted by molar-refractivity contribution is 5.95. The molecular formula is C25H28N2O5. The Labute approximate surface area is 188 Å². The van der Waals surface area contributed by atoms with Crippen LogP contribution >= 0.6 is 0 Å². The Kier molecular flexibility index (Phi) is 8.02. The minimum absolute atomic E-state index is 0.0808. The van der Waals surface area contributed by atoms with Crippen LogP contribution in [-0.4, -0.2) is 49.4 Å². The summed E-state index contributed by atoms with van der Waals surface area (Å²) in [5.41, 5.74) is 1.39. The number of ether oxygens (including phenoxy) is 2. The molecule has 7 nitrogen and oxygen atoms in total. The lowest BCUT2D eigenvalue weighted by Gasteiger charge is -2.32. The second-order valence-corrected chi connectivity index (χ2v) is 7.71. The normalized spacial score (nSPS) is 14.2. The van der Waals surface area contributed by atoms with Gasteiger partial charge in [-0.05, 0) is 60.7 Å². The fourth-order valence-corrected chi connectivity index (χ4v) is 3.60. The first-order valence-electron chi connectivity index (χ1n) is 10.6. The van der Waals surface area contributed by atoms with Gasteiger partial charge in [-0.1, -0.05) is 18.2 Å². The Balaban J connectivity index is 1.44. The molecule has 0 radical (unpaired) electrons. The zero-order chi connectivity index (χ0) is 22.9. The van der Waals surface area contributed by atoms with Crippen LogP contribution in [0.15, 0.2) is 54.6 Å². The topological polar surface area (TPSA) is 84.9 Å². The summed E-state index contributed by atoms with van der Waals surface area (Å²) < 4.78 is 10.2. The molecule has 0 atom stereocenters. The first-order valence-corrected chi connectivity index (χ1v) is 10.6. The number of carbonyl (C=O) groups is 3. The molecule has 1 heterocycles. The van der Waals surface area contributed by atoms with E-state index in [2.05, 4.69) is 5.32 Å². The number of hydrogen-bond acceptors (Lipinski definition) is 5. The highest BCUT2D eigenvalue weighted by atomic mass is 16.5. The van der Waals surface area contributed by atoms with Gasteiger partial charge in [0.1, 0.15) is 11.5 Å². The summed E-state index contributed by atoms with van der Waals surface area (Å²) in [6, 6.07) is 14.1. The highest BCUT2D eigenvalue weighted by Gasteiger charge is 2.24. The first-order chi connectivity index (χ1) is 15.4. The molecule has 1 N–H and O–H groups in total. The lowest BCUT2D eigenvalue weighted by molar-refractivity contribution is -0.131. The number of methoxy groups -OCH3 is 1. The fourth-order valence-electron chi connectivity index (χ4n) is 3.60. The van der Waals surface area contributed by atoms with Gasteiger partial charge < -0.3 is 19.7 Å². The predicted octanol–water partition coefficient (Wildman–Crippen LogP) is 3.30. The number of carbonyl (C=O) groups excluding carboxylic acids is 3. The van der Waals surface area contributed by atoms with E-state index in [4.69, 9.17) is 9.47 Å². The third-order valence-corrected chi connectivity index (χ3v) is 5.33. The zero-order valence-corrected chi connectivity index (χ0v) is 18.4. The summed E-state index contributed by atoms with van der Waals surface area (Å²) >= 11 is 0. The van der Waals surface area contributed by atoms with Gasteiger partial charge in [-0.3, -0.25) is 14.4 Å². The van der Waals surface area contributed by atoms with E-state index in [1.54, 1.807) is 42.4 Å². The Morgan fingerprint density at radius 1 is 1.06 bits per heavy atom. The summed E-state index contributed by atoms with van der Waals surface area (Å²) in [7, 11) is 1.61. The molecule has 0 bridgehead atoms. The van der Waals surface area contributed by atoms with Gasteiger partial charge in [0.2, 0.25) is 5.91 Å². The summed E-state index contributed by atoms with van der Waals surface area (Å²) in [4.78, 5) is 37.8. The van der Waals surface area contributed by atoms with Gasteiger partial charge in [0.25, 0.3) is 5.91 Å². The monoisotopic (exact) mass is 436 g/mol. The van der Waals surface area contributed by atoms with E-state index in [0.29, 0.717) is 36.9 Å². The van der Waals surface area contributed by atoms with Gasteiger partial charge >= 0.3 is 5.97 Å². The first kappa shape index (κ1) is 23.1. The zero-order valence-electron chi connectivity index (χ0n) is 18.4. The standard InChI is InChI=1S/C25H28N2O5/c1-18(28)32-23-8-4-6-21(16-23)25(30)27-13-11-20(12-14-27)17-26-24(29)10-9-19-5-3-7-22(15-19)31-2/h3-10,15-16,20H,11-14,17H2,1-2H3,(H,26,29)/b10-9+. The Morgan fingerprint density at radius 2 is 1.78 bits per heavy atom. The number of piperidine rings is 1. The summed E-state index contributed by atoms with van der Waals surface area (Å²) in [5, 5.41) is 2.94. The van der Waals surface area contributed by atoms with E-state index in [0.717, 1.165) is 24.2 Å². The number of nitrogens with one attached hydrogen (secondary N) is 1. The maximum atomic E-state index is 12.8. The quantitative estimate of drug-likeness (QED) is 0.409. The summed E-state index contributed by atoms with van der Waals surface area (Å²) in [6.07, 6.45) is 4.90. The van der Waals surface area contributed by atoms with Crippen LogP contribution in [0.5, 0.6) is 11.5 Å². The van der Waals surface area contributed by atoms with Gasteiger partial charge in [0.05, 0.1) is 7.11 Å². The lowest BCUT2D eigenvalue weighted by Crippen LogP contribution is -2.41. The van der Waals surface area contributed by atoms with Gasteiger partial charge in [0, 0.05) is 38.2 Å². The van der Waals surface area contributed by atoms with Crippen molar-refractivity contribution in [2.75, 3.05) is 26.7 Å². The third kappa shape index (κ3) is 6.70. The second kappa shape index (κ2) is 11.1. The van der Waals surface area contributed by atoms with Gasteiger partial charge in [-0.2, -0.15) is 0 Å². The molecule has 168 valence electrons. The van der Waals surface area contributed by atoms with Crippen molar-refractivity contribution < 1.29 is 23.9 Å². The number of benzene rings is 2. The third-order valence-electron chi connectivity index (χ3n) is 5.33. The van der Waals surface area contributed by atoms with Crippen molar-refractivity contribution >= 4 is 23.9 Å². The molecule has 1 aliphatic rings. The molecule has 1 aliphatic heterocycles. The molecule has 0 spiro atoms. The van der Waals surface area contributed by atoms with Crippen LogP contribution in [0, 0.1) is 5.92 Å². The SMILES string of the molecule is COc1cccc(/C=C/C(=O)NCC2CCN(C(=O)c3cccc(OC(C)=O)c3)CC2)c1. The molecule has 1 saturated heterocycles. The Hall–Kier alpha value is -3.61. The molecule has 2 aromatic carbocycles. The molecule has 2 aromatic rings. The van der Waals surface area contributed by atoms with Crippen LogP contribution in [0.1, 0.15) is 35.7 Å². The number of esters is 1. The lowest BCUT2D eigenvalue weighted by atomic mass is 9.96. The Bertz CT molecular complexity index is 993. The summed E-state index contributed by atoms with van der Waals surface area (Å²) in [6.45, 7) is 3.14. The van der Waals surface area contributed by atoms with Crippen molar-refractivity contribution in [3.63, 3.8) is 0 Å². The van der Waals surface area contributed by atoms with E-state index in [9.17, 15) is 14.4 Å². The Morgan fingerprint density at radius 3 is 2.50 bits per heavy atom. The van der Waals surface area contributed by atoms with E-state index in [1.807, 2.05) is 24.3 Å². The molecule has 0 unspecified atom stereocenters. The van der Waals surface area contributed by atoms with Crippen LogP contribution in [0.25, 0.3) is 6.08 Å². The predicted molar refractivity (Wildman–Crippen MR) is 121 cm³/mol. The number of likely N-dealkylation sites (tertiary alicyclic amines) is 1. The van der Waals surface area contributed by atoms with Crippen LogP contribution in [-0.2, 0) is 9.59 Å². The van der Waals surface area contributed by atoms with Crippen molar-refractivity contribution in [1.82, 2.24) is 10.2 Å². The van der Waals surface area contributed by atoms with Crippen molar-refractivity contribution in [2.45, 2.75) is 19.8 Å². The maximum Gasteiger partial charge on any atom is 0.308 e. The van der Waals surface area contributed by atoms with Gasteiger partial charge in [-0.25, -0.2) is 0 Å².